The summed E-state index contributed by atoms with van der Waals surface area (Å²) in [4.78, 5) is 10.9. The van der Waals surface area contributed by atoms with Gasteiger partial charge in [0.25, 0.3) is 0 Å². The van der Waals surface area contributed by atoms with Gasteiger partial charge in [0.2, 0.25) is 0 Å². The summed E-state index contributed by atoms with van der Waals surface area (Å²) < 4.78 is 22.3. The van der Waals surface area contributed by atoms with E-state index in [1.165, 1.54) is 25.1 Å². The SMILES string of the molecule is CC(=O)/C=C/c1ccc(S(C)(=O)=O)cc1. The molecule has 0 radical (unpaired) electrons. The van der Waals surface area contributed by atoms with E-state index < -0.39 is 9.84 Å². The highest BCUT2D eigenvalue weighted by molar-refractivity contribution is 7.90. The molecule has 3 nitrogen and oxygen atoms in total. The van der Waals surface area contributed by atoms with Gasteiger partial charge in [0.15, 0.2) is 15.6 Å². The molecule has 0 spiro atoms. The number of benzene rings is 1. The van der Waals surface area contributed by atoms with Crippen molar-refractivity contribution in [2.45, 2.75) is 11.8 Å². The zero-order chi connectivity index (χ0) is 11.5. The third kappa shape index (κ3) is 3.67. The zero-order valence-corrected chi connectivity index (χ0v) is 9.41. The van der Waals surface area contributed by atoms with Gasteiger partial charge in [-0.2, -0.15) is 0 Å². The van der Waals surface area contributed by atoms with E-state index in [2.05, 4.69) is 0 Å². The van der Waals surface area contributed by atoms with E-state index in [1.54, 1.807) is 18.2 Å². The first-order chi connectivity index (χ1) is 6.89. The molecule has 0 aromatic heterocycles. The minimum atomic E-state index is -3.14. The maximum absolute atomic E-state index is 11.1. The lowest BCUT2D eigenvalue weighted by Crippen LogP contribution is -1.96. The molecule has 1 aromatic rings. The number of ketones is 1. The Bertz CT molecular complexity index is 481. The van der Waals surface area contributed by atoms with Gasteiger partial charge in [-0.25, -0.2) is 8.42 Å². The molecule has 15 heavy (non-hydrogen) atoms. The zero-order valence-electron chi connectivity index (χ0n) is 8.60. The first-order valence-electron chi connectivity index (χ1n) is 4.38. The van der Waals surface area contributed by atoms with Crippen LogP contribution in [0, 0.1) is 0 Å². The molecule has 0 N–H and O–H groups in total. The number of hydrogen-bond acceptors (Lipinski definition) is 3. The largest absolute Gasteiger partial charge is 0.295 e. The molecule has 0 fully saturated rings. The average molecular weight is 224 g/mol. The quantitative estimate of drug-likeness (QED) is 0.734. The Labute approximate surface area is 89.4 Å². The standard InChI is InChI=1S/C11H12O3S/c1-9(12)3-4-10-5-7-11(8-6-10)15(2,13)14/h3-8H,1-2H3/b4-3+. The predicted molar refractivity (Wildman–Crippen MR) is 59.3 cm³/mol. The van der Waals surface area contributed by atoms with Crippen LogP contribution in [0.4, 0.5) is 0 Å². The van der Waals surface area contributed by atoms with Crippen LogP contribution in [-0.4, -0.2) is 20.5 Å². The number of sulfone groups is 1. The Morgan fingerprint density at radius 1 is 1.20 bits per heavy atom. The fourth-order valence-corrected chi connectivity index (χ4v) is 1.67. The molecule has 0 saturated heterocycles. The highest BCUT2D eigenvalue weighted by Gasteiger charge is 2.04. The van der Waals surface area contributed by atoms with E-state index >= 15 is 0 Å². The second-order valence-corrected chi connectivity index (χ2v) is 5.30. The summed E-state index contributed by atoms with van der Waals surface area (Å²) in [5, 5.41) is 0. The Morgan fingerprint density at radius 3 is 2.13 bits per heavy atom. The van der Waals surface area contributed by atoms with Crippen LogP contribution in [0.1, 0.15) is 12.5 Å². The molecule has 0 atom stereocenters. The highest BCUT2D eigenvalue weighted by atomic mass is 32.2. The summed E-state index contributed by atoms with van der Waals surface area (Å²) in [5.41, 5.74) is 0.803. The molecule has 0 bridgehead atoms. The van der Waals surface area contributed by atoms with Crippen molar-refractivity contribution in [1.29, 1.82) is 0 Å². The van der Waals surface area contributed by atoms with Gasteiger partial charge < -0.3 is 0 Å². The summed E-state index contributed by atoms with van der Waals surface area (Å²) in [6.45, 7) is 1.46. The Morgan fingerprint density at radius 2 is 1.73 bits per heavy atom. The summed E-state index contributed by atoms with van der Waals surface area (Å²) in [6.07, 6.45) is 4.25. The average Bonchev–Trinajstić information content (AvgIpc) is 2.14. The molecule has 80 valence electrons. The third-order valence-electron chi connectivity index (χ3n) is 1.82. The molecule has 0 aliphatic rings. The first-order valence-corrected chi connectivity index (χ1v) is 6.27. The Kier molecular flexibility index (Phi) is 3.42. The molecule has 1 aromatic carbocycles. The fraction of sp³-hybridized carbons (Fsp3) is 0.182. The lowest BCUT2D eigenvalue weighted by atomic mass is 10.2. The minimum absolute atomic E-state index is 0.0396. The van der Waals surface area contributed by atoms with Crippen molar-refractivity contribution in [1.82, 2.24) is 0 Å². The van der Waals surface area contributed by atoms with Crippen molar-refractivity contribution in [3.8, 4) is 0 Å². The van der Waals surface area contributed by atoms with Gasteiger partial charge in [-0.05, 0) is 30.7 Å². The number of carbonyl (C=O) groups excluding carboxylic acids is 1. The molecule has 0 amide bonds. The summed E-state index contributed by atoms with van der Waals surface area (Å²) in [7, 11) is -3.14. The summed E-state index contributed by atoms with van der Waals surface area (Å²) in [6, 6.07) is 6.37. The van der Waals surface area contributed by atoms with E-state index in [9.17, 15) is 13.2 Å². The van der Waals surface area contributed by atoms with Crippen molar-refractivity contribution in [2.75, 3.05) is 6.26 Å². The van der Waals surface area contributed by atoms with Crippen LogP contribution in [-0.2, 0) is 14.6 Å². The second-order valence-electron chi connectivity index (χ2n) is 3.29. The topological polar surface area (TPSA) is 51.2 Å². The van der Waals surface area contributed by atoms with Crippen molar-refractivity contribution in [3.63, 3.8) is 0 Å². The van der Waals surface area contributed by atoms with Crippen molar-refractivity contribution >= 4 is 21.7 Å². The minimum Gasteiger partial charge on any atom is -0.295 e. The van der Waals surface area contributed by atoms with Crippen LogP contribution in [0.25, 0.3) is 6.08 Å². The fourth-order valence-electron chi connectivity index (χ4n) is 1.04. The molecule has 0 aliphatic carbocycles. The Hall–Kier alpha value is -1.42. The van der Waals surface area contributed by atoms with Crippen LogP contribution < -0.4 is 0 Å². The summed E-state index contributed by atoms with van der Waals surface area (Å²) in [5.74, 6) is -0.0396. The van der Waals surface area contributed by atoms with Crippen molar-refractivity contribution in [2.24, 2.45) is 0 Å². The molecular weight excluding hydrogens is 212 g/mol. The van der Waals surface area contributed by atoms with Crippen molar-refractivity contribution < 1.29 is 13.2 Å². The van der Waals surface area contributed by atoms with E-state index in [-0.39, 0.29) is 10.7 Å². The molecular formula is C11H12O3S. The lowest BCUT2D eigenvalue weighted by molar-refractivity contribution is -0.112. The van der Waals surface area contributed by atoms with E-state index in [4.69, 9.17) is 0 Å². The molecule has 1 rings (SSSR count). The van der Waals surface area contributed by atoms with Crippen molar-refractivity contribution in [3.05, 3.63) is 35.9 Å². The lowest BCUT2D eigenvalue weighted by Gasteiger charge is -1.98. The van der Waals surface area contributed by atoms with Gasteiger partial charge >= 0.3 is 0 Å². The number of allylic oxidation sites excluding steroid dienone is 1. The summed E-state index contributed by atoms with van der Waals surface area (Å²) >= 11 is 0. The highest BCUT2D eigenvalue weighted by Crippen LogP contribution is 2.11. The molecule has 0 heterocycles. The van der Waals surface area contributed by atoms with Crippen LogP contribution in [0.15, 0.2) is 35.2 Å². The van der Waals surface area contributed by atoms with Crippen LogP contribution in [0.5, 0.6) is 0 Å². The second kappa shape index (κ2) is 4.40. The molecule has 0 aliphatic heterocycles. The maximum Gasteiger partial charge on any atom is 0.175 e. The normalized spacial score (nSPS) is 11.9. The first kappa shape index (κ1) is 11.7. The predicted octanol–water partition coefficient (Wildman–Crippen LogP) is 1.69. The van der Waals surface area contributed by atoms with Gasteiger partial charge in [0, 0.05) is 6.26 Å². The number of carbonyl (C=O) groups is 1. The van der Waals surface area contributed by atoms with Crippen LogP contribution >= 0.6 is 0 Å². The molecule has 0 unspecified atom stereocenters. The van der Waals surface area contributed by atoms with Gasteiger partial charge in [-0.15, -0.1) is 0 Å². The monoisotopic (exact) mass is 224 g/mol. The Balaban J connectivity index is 2.96. The van der Waals surface area contributed by atoms with Gasteiger partial charge in [-0.1, -0.05) is 18.2 Å². The molecule has 4 heteroatoms. The number of rotatable bonds is 3. The van der Waals surface area contributed by atoms with Gasteiger partial charge in [0.05, 0.1) is 4.90 Å². The van der Waals surface area contributed by atoms with E-state index in [0.29, 0.717) is 0 Å². The smallest absolute Gasteiger partial charge is 0.175 e. The van der Waals surface area contributed by atoms with Gasteiger partial charge in [-0.3, -0.25) is 4.79 Å². The van der Waals surface area contributed by atoms with E-state index in [0.717, 1.165) is 11.8 Å². The van der Waals surface area contributed by atoms with Gasteiger partial charge in [0.1, 0.15) is 0 Å². The molecule has 0 saturated carbocycles. The number of hydrogen-bond donors (Lipinski definition) is 0. The maximum atomic E-state index is 11.1. The third-order valence-corrected chi connectivity index (χ3v) is 2.95. The van der Waals surface area contributed by atoms with E-state index in [1.807, 2.05) is 0 Å². The van der Waals surface area contributed by atoms with Crippen LogP contribution in [0.2, 0.25) is 0 Å². The van der Waals surface area contributed by atoms with Crippen LogP contribution in [0.3, 0.4) is 0 Å².